The van der Waals surface area contributed by atoms with Gasteiger partial charge in [-0.3, -0.25) is 13.9 Å². The maximum Gasteiger partial charge on any atom is 0.264 e. The molecule has 8 nitrogen and oxygen atoms in total. The van der Waals surface area contributed by atoms with Crippen molar-refractivity contribution in [3.8, 4) is 5.75 Å². The van der Waals surface area contributed by atoms with Crippen LogP contribution in [-0.4, -0.2) is 56.6 Å². The zero-order valence-corrected chi connectivity index (χ0v) is 29.9. The second kappa shape index (κ2) is 17.2. The summed E-state index contributed by atoms with van der Waals surface area (Å²) in [7, 11) is -4.21. The number of thioether (sulfide) groups is 1. The third-order valence-electron chi connectivity index (χ3n) is 8.24. The summed E-state index contributed by atoms with van der Waals surface area (Å²) < 4.78 is 35.4. The van der Waals surface area contributed by atoms with E-state index in [2.05, 4.69) is 5.32 Å². The van der Waals surface area contributed by atoms with Crippen LogP contribution in [0, 0.1) is 6.92 Å². The predicted molar refractivity (Wildman–Crippen MR) is 194 cm³/mol. The number of benzene rings is 4. The molecule has 48 heavy (non-hydrogen) atoms. The van der Waals surface area contributed by atoms with Gasteiger partial charge >= 0.3 is 0 Å². The molecule has 0 fully saturated rings. The predicted octanol–water partition coefficient (Wildman–Crippen LogP) is 6.87. The first-order chi connectivity index (χ1) is 23.1. The van der Waals surface area contributed by atoms with Gasteiger partial charge in [-0.1, -0.05) is 61.5 Å². The van der Waals surface area contributed by atoms with Gasteiger partial charge in [-0.2, -0.15) is 0 Å². The Hall–Kier alpha value is -4.28. The van der Waals surface area contributed by atoms with Gasteiger partial charge in [0.15, 0.2) is 0 Å². The Bertz CT molecular complexity index is 1750. The van der Waals surface area contributed by atoms with E-state index in [1.165, 1.54) is 16.7 Å². The Morgan fingerprint density at radius 2 is 1.52 bits per heavy atom. The molecule has 2 amide bonds. The van der Waals surface area contributed by atoms with E-state index in [0.717, 1.165) is 25.9 Å². The number of ether oxygens (including phenoxy) is 1. The molecule has 0 spiro atoms. The molecule has 0 aliphatic rings. The zero-order valence-electron chi connectivity index (χ0n) is 28.3. The second-order valence-corrected chi connectivity index (χ2v) is 14.3. The Morgan fingerprint density at radius 3 is 2.12 bits per heavy atom. The van der Waals surface area contributed by atoms with Crippen LogP contribution in [0.1, 0.15) is 43.9 Å². The van der Waals surface area contributed by atoms with Gasteiger partial charge in [-0.25, -0.2) is 8.42 Å². The third-order valence-corrected chi connectivity index (χ3v) is 10.8. The fourth-order valence-corrected chi connectivity index (χ4v) is 7.07. The number of anilines is 1. The molecule has 4 rings (SSSR count). The topological polar surface area (TPSA) is 96.0 Å². The first kappa shape index (κ1) is 36.6. The van der Waals surface area contributed by atoms with Crippen molar-refractivity contribution in [2.24, 2.45) is 0 Å². The highest BCUT2D eigenvalue weighted by Gasteiger charge is 2.35. The van der Waals surface area contributed by atoms with Gasteiger partial charge in [0.2, 0.25) is 11.8 Å². The molecular formula is C38H45N3O5S2. The van der Waals surface area contributed by atoms with Crippen molar-refractivity contribution in [2.45, 2.75) is 69.0 Å². The molecule has 0 bridgehead atoms. The number of hydrogen-bond donors (Lipinski definition) is 1. The van der Waals surface area contributed by atoms with E-state index in [1.54, 1.807) is 48.5 Å². The minimum atomic E-state index is -4.21. The molecule has 0 aliphatic heterocycles. The number of carbonyl (C=O) groups excluding carboxylic acids is 2. The van der Waals surface area contributed by atoms with E-state index in [-0.39, 0.29) is 29.8 Å². The van der Waals surface area contributed by atoms with Gasteiger partial charge in [-0.05, 0) is 98.7 Å². The van der Waals surface area contributed by atoms with E-state index in [1.807, 2.05) is 88.5 Å². The molecule has 0 unspecified atom stereocenters. The fraction of sp³-hybridized carbons (Fsp3) is 0.316. The molecule has 0 heterocycles. The lowest BCUT2D eigenvalue weighted by atomic mass is 10.0. The van der Waals surface area contributed by atoms with Crippen molar-refractivity contribution < 1.29 is 22.7 Å². The van der Waals surface area contributed by atoms with Crippen molar-refractivity contribution in [1.29, 1.82) is 0 Å². The van der Waals surface area contributed by atoms with Crippen molar-refractivity contribution in [1.82, 2.24) is 10.2 Å². The number of rotatable bonds is 16. The van der Waals surface area contributed by atoms with Crippen LogP contribution < -0.4 is 14.4 Å². The summed E-state index contributed by atoms with van der Waals surface area (Å²) in [6, 6.07) is 29.5. The van der Waals surface area contributed by atoms with Crippen LogP contribution >= 0.6 is 11.8 Å². The average molecular weight is 688 g/mol. The molecule has 4 aromatic rings. The maximum atomic E-state index is 14.7. The monoisotopic (exact) mass is 687 g/mol. The standard InChI is InChI=1S/C38H45N3O5S2/c1-6-29(4)39-38(43)36(25-30-14-9-8-10-15-30)40(26-31-16-12-11-13-28(31)3)37(42)27-41(32-17-19-33(20-18-32)46-7-2)48(44,45)35-23-21-34(47-5)22-24-35/h8-24,29,36H,6-7,25-27H2,1-5H3,(H,39,43)/t29-,36-/m1/s1. The van der Waals surface area contributed by atoms with Crippen LogP contribution in [-0.2, 0) is 32.6 Å². The van der Waals surface area contributed by atoms with Gasteiger partial charge in [0.05, 0.1) is 17.2 Å². The van der Waals surface area contributed by atoms with E-state index < -0.39 is 28.5 Å². The Labute approximate surface area is 289 Å². The molecule has 0 saturated heterocycles. The molecule has 0 saturated carbocycles. The van der Waals surface area contributed by atoms with Crippen molar-refractivity contribution >= 4 is 39.3 Å². The summed E-state index contributed by atoms with van der Waals surface area (Å²) in [5.41, 5.74) is 3.01. The lowest BCUT2D eigenvalue weighted by molar-refractivity contribution is -0.140. The van der Waals surface area contributed by atoms with Gasteiger partial charge in [-0.15, -0.1) is 11.8 Å². The van der Waals surface area contributed by atoms with Crippen LogP contribution in [0.2, 0.25) is 0 Å². The van der Waals surface area contributed by atoms with Crippen LogP contribution in [0.25, 0.3) is 0 Å². The Morgan fingerprint density at radius 1 is 0.875 bits per heavy atom. The van der Waals surface area contributed by atoms with Crippen molar-refractivity contribution in [3.05, 3.63) is 120 Å². The maximum absolute atomic E-state index is 14.7. The van der Waals surface area contributed by atoms with Crippen molar-refractivity contribution in [3.63, 3.8) is 0 Å². The van der Waals surface area contributed by atoms with Crippen LogP contribution in [0.3, 0.4) is 0 Å². The third kappa shape index (κ3) is 9.41. The summed E-state index contributed by atoms with van der Waals surface area (Å²) in [4.78, 5) is 31.2. The molecule has 0 radical (unpaired) electrons. The summed E-state index contributed by atoms with van der Waals surface area (Å²) in [5, 5.41) is 3.08. The number of carbonyl (C=O) groups is 2. The smallest absolute Gasteiger partial charge is 0.264 e. The van der Waals surface area contributed by atoms with Crippen LogP contribution in [0.15, 0.2) is 113 Å². The normalized spacial score (nSPS) is 12.5. The number of amides is 2. The van der Waals surface area contributed by atoms with Crippen LogP contribution in [0.5, 0.6) is 5.75 Å². The number of hydrogen-bond acceptors (Lipinski definition) is 6. The van der Waals surface area contributed by atoms with Crippen molar-refractivity contribution in [2.75, 3.05) is 23.7 Å². The number of nitrogens with one attached hydrogen (secondary N) is 1. The molecule has 10 heteroatoms. The minimum absolute atomic E-state index is 0.0581. The molecule has 2 atom stereocenters. The highest BCUT2D eigenvalue weighted by atomic mass is 32.2. The largest absolute Gasteiger partial charge is 0.494 e. The lowest BCUT2D eigenvalue weighted by Crippen LogP contribution is -2.54. The molecule has 1 N–H and O–H groups in total. The minimum Gasteiger partial charge on any atom is -0.494 e. The summed E-state index contributed by atoms with van der Waals surface area (Å²) in [6.07, 6.45) is 2.89. The highest BCUT2D eigenvalue weighted by Crippen LogP contribution is 2.28. The first-order valence-electron chi connectivity index (χ1n) is 16.1. The van der Waals surface area contributed by atoms with Gasteiger partial charge in [0.1, 0.15) is 18.3 Å². The zero-order chi connectivity index (χ0) is 34.7. The molecular weight excluding hydrogens is 643 g/mol. The SMILES string of the molecule is CCOc1ccc(N(CC(=O)N(Cc2ccccc2C)[C@H](Cc2ccccc2)C(=O)N[C@H](C)CC)S(=O)(=O)c2ccc(SC)cc2)cc1. The highest BCUT2D eigenvalue weighted by molar-refractivity contribution is 7.98. The molecule has 0 aliphatic carbocycles. The Kier molecular flexibility index (Phi) is 13.1. The van der Waals surface area contributed by atoms with Crippen LogP contribution in [0.4, 0.5) is 5.69 Å². The van der Waals surface area contributed by atoms with E-state index in [4.69, 9.17) is 4.74 Å². The van der Waals surface area contributed by atoms with Gasteiger partial charge in [0.25, 0.3) is 10.0 Å². The molecule has 254 valence electrons. The first-order valence-corrected chi connectivity index (χ1v) is 18.8. The van der Waals surface area contributed by atoms with E-state index in [9.17, 15) is 18.0 Å². The number of aryl methyl sites for hydroxylation is 1. The number of sulfonamides is 1. The van der Waals surface area contributed by atoms with Gasteiger partial charge < -0.3 is 15.0 Å². The number of nitrogens with zero attached hydrogens (tertiary/aromatic N) is 2. The second-order valence-electron chi connectivity index (χ2n) is 11.6. The summed E-state index contributed by atoms with van der Waals surface area (Å²) >= 11 is 1.51. The van der Waals surface area contributed by atoms with E-state index in [0.29, 0.717) is 24.5 Å². The summed E-state index contributed by atoms with van der Waals surface area (Å²) in [5.74, 6) is -0.213. The van der Waals surface area contributed by atoms with E-state index >= 15 is 0 Å². The quantitative estimate of drug-likeness (QED) is 0.129. The molecule has 4 aromatic carbocycles. The van der Waals surface area contributed by atoms with Gasteiger partial charge in [0, 0.05) is 23.9 Å². The Balaban J connectivity index is 1.82. The fourth-order valence-electron chi connectivity index (χ4n) is 5.25. The molecule has 0 aromatic heterocycles. The lowest BCUT2D eigenvalue weighted by Gasteiger charge is -2.34. The average Bonchev–Trinajstić information content (AvgIpc) is 3.10. The summed E-state index contributed by atoms with van der Waals surface area (Å²) in [6.45, 7) is 7.79.